The Labute approximate surface area is 133 Å². The van der Waals surface area contributed by atoms with Crippen molar-refractivity contribution < 1.29 is 14.3 Å². The molecule has 1 aromatic carbocycles. The lowest BCUT2D eigenvalue weighted by Gasteiger charge is -2.21. The van der Waals surface area contributed by atoms with Crippen molar-refractivity contribution in [1.82, 2.24) is 5.32 Å². The van der Waals surface area contributed by atoms with Gasteiger partial charge in [0.1, 0.15) is 5.75 Å². The number of amides is 1. The number of carbonyl (C=O) groups is 1. The van der Waals surface area contributed by atoms with Crippen LogP contribution >= 0.6 is 0 Å². The van der Waals surface area contributed by atoms with Crippen LogP contribution in [-0.4, -0.2) is 31.8 Å². The Kier molecular flexibility index (Phi) is 7.23. The third-order valence-corrected chi connectivity index (χ3v) is 3.94. The van der Waals surface area contributed by atoms with Gasteiger partial charge in [0.05, 0.1) is 18.3 Å². The van der Waals surface area contributed by atoms with Gasteiger partial charge in [-0.3, -0.25) is 4.79 Å². The second kappa shape index (κ2) is 9.46. The Morgan fingerprint density at radius 1 is 1.23 bits per heavy atom. The third kappa shape index (κ3) is 5.34. The molecule has 2 rings (SSSR count). The first-order chi connectivity index (χ1) is 10.8. The van der Waals surface area contributed by atoms with Gasteiger partial charge >= 0.3 is 0 Å². The summed E-state index contributed by atoms with van der Waals surface area (Å²) < 4.78 is 11.3. The molecule has 1 amide bonds. The highest BCUT2D eigenvalue weighted by molar-refractivity contribution is 5.96. The molecular weight excluding hydrogens is 278 g/mol. The minimum Gasteiger partial charge on any atom is -0.493 e. The highest BCUT2D eigenvalue weighted by Crippen LogP contribution is 2.20. The summed E-state index contributed by atoms with van der Waals surface area (Å²) >= 11 is 0. The first kappa shape index (κ1) is 16.8. The number of benzene rings is 1. The minimum atomic E-state index is -0.0817. The van der Waals surface area contributed by atoms with Gasteiger partial charge in [0.2, 0.25) is 0 Å². The van der Waals surface area contributed by atoms with Crippen LogP contribution in [0.25, 0.3) is 0 Å². The molecule has 0 atom stereocenters. The number of para-hydroxylation sites is 1. The van der Waals surface area contributed by atoms with E-state index >= 15 is 0 Å². The monoisotopic (exact) mass is 305 g/mol. The van der Waals surface area contributed by atoms with Gasteiger partial charge in [0, 0.05) is 13.2 Å². The third-order valence-electron chi connectivity index (χ3n) is 3.94. The number of ether oxygens (including phenoxy) is 2. The molecule has 1 aliphatic rings. The molecule has 0 unspecified atom stereocenters. The van der Waals surface area contributed by atoms with E-state index in [0.29, 0.717) is 30.6 Å². The Bertz CT molecular complexity index is 455. The smallest absolute Gasteiger partial charge is 0.255 e. The van der Waals surface area contributed by atoms with Crippen LogP contribution in [0.3, 0.4) is 0 Å². The molecule has 4 nitrogen and oxygen atoms in total. The lowest BCUT2D eigenvalue weighted by atomic mass is 9.98. The maximum Gasteiger partial charge on any atom is 0.255 e. The summed E-state index contributed by atoms with van der Waals surface area (Å²) in [5, 5.41) is 2.94. The molecule has 0 aromatic heterocycles. The van der Waals surface area contributed by atoms with Crippen molar-refractivity contribution in [3.8, 4) is 5.75 Å². The summed E-state index contributed by atoms with van der Waals surface area (Å²) in [6.07, 6.45) is 7.57. The number of hydrogen-bond donors (Lipinski definition) is 1. The van der Waals surface area contributed by atoms with Crippen molar-refractivity contribution in [1.29, 1.82) is 0 Å². The largest absolute Gasteiger partial charge is 0.493 e. The van der Waals surface area contributed by atoms with E-state index in [1.807, 2.05) is 25.1 Å². The van der Waals surface area contributed by atoms with Crippen LogP contribution in [0.2, 0.25) is 0 Å². The first-order valence-corrected chi connectivity index (χ1v) is 8.43. The molecule has 0 heterocycles. The molecule has 0 saturated heterocycles. The fourth-order valence-electron chi connectivity index (χ4n) is 2.79. The number of hydrogen-bond acceptors (Lipinski definition) is 3. The number of rotatable bonds is 8. The molecule has 0 bridgehead atoms. The van der Waals surface area contributed by atoms with Crippen molar-refractivity contribution in [3.63, 3.8) is 0 Å². The van der Waals surface area contributed by atoms with Crippen molar-refractivity contribution in [2.24, 2.45) is 0 Å². The van der Waals surface area contributed by atoms with E-state index in [-0.39, 0.29) is 5.91 Å². The predicted octanol–water partition coefficient (Wildman–Crippen LogP) is 3.55. The fourth-order valence-corrected chi connectivity index (χ4v) is 2.79. The quantitative estimate of drug-likeness (QED) is 0.747. The Balaban J connectivity index is 1.67. The molecule has 1 aromatic rings. The van der Waals surface area contributed by atoms with Crippen LogP contribution in [0.15, 0.2) is 24.3 Å². The molecule has 4 heteroatoms. The second-order valence-electron chi connectivity index (χ2n) is 5.67. The van der Waals surface area contributed by atoms with E-state index in [0.717, 1.165) is 13.0 Å². The van der Waals surface area contributed by atoms with Crippen LogP contribution in [0.5, 0.6) is 5.75 Å². The summed E-state index contributed by atoms with van der Waals surface area (Å²) in [7, 11) is 0. The lowest BCUT2D eigenvalue weighted by molar-refractivity contribution is 0.0273. The summed E-state index contributed by atoms with van der Waals surface area (Å²) in [6, 6.07) is 7.34. The van der Waals surface area contributed by atoms with E-state index in [1.165, 1.54) is 32.1 Å². The summed E-state index contributed by atoms with van der Waals surface area (Å²) in [4.78, 5) is 12.2. The van der Waals surface area contributed by atoms with Crippen LogP contribution < -0.4 is 10.1 Å². The molecule has 122 valence electrons. The first-order valence-electron chi connectivity index (χ1n) is 8.43. The zero-order valence-corrected chi connectivity index (χ0v) is 13.5. The minimum absolute atomic E-state index is 0.0817. The molecule has 1 saturated carbocycles. The zero-order valence-electron chi connectivity index (χ0n) is 13.5. The van der Waals surface area contributed by atoms with E-state index in [2.05, 4.69) is 5.32 Å². The molecule has 0 aliphatic heterocycles. The van der Waals surface area contributed by atoms with E-state index in [1.54, 1.807) is 6.07 Å². The summed E-state index contributed by atoms with van der Waals surface area (Å²) in [5.41, 5.74) is 0.595. The lowest BCUT2D eigenvalue weighted by Crippen LogP contribution is -2.26. The molecule has 0 spiro atoms. The van der Waals surface area contributed by atoms with Gasteiger partial charge in [0.25, 0.3) is 5.91 Å². The van der Waals surface area contributed by atoms with Gasteiger partial charge in [-0.1, -0.05) is 31.4 Å². The maximum absolute atomic E-state index is 12.2. The van der Waals surface area contributed by atoms with Gasteiger partial charge in [-0.25, -0.2) is 0 Å². The molecule has 1 fully saturated rings. The molecule has 1 aliphatic carbocycles. The van der Waals surface area contributed by atoms with Gasteiger partial charge in [-0.2, -0.15) is 0 Å². The average Bonchev–Trinajstić information content (AvgIpc) is 2.56. The Hall–Kier alpha value is -1.55. The normalized spacial score (nSPS) is 15.5. The van der Waals surface area contributed by atoms with Crippen molar-refractivity contribution in [3.05, 3.63) is 29.8 Å². The topological polar surface area (TPSA) is 47.6 Å². The average molecular weight is 305 g/mol. The van der Waals surface area contributed by atoms with Crippen LogP contribution in [-0.2, 0) is 4.74 Å². The SMILES string of the molecule is CCOc1ccccc1C(=O)NCCCOC1CCCCC1. The molecule has 0 radical (unpaired) electrons. The zero-order chi connectivity index (χ0) is 15.6. The molecular formula is C18H27NO3. The van der Waals surface area contributed by atoms with E-state index in [4.69, 9.17) is 9.47 Å². The Morgan fingerprint density at radius 2 is 2.00 bits per heavy atom. The van der Waals surface area contributed by atoms with E-state index in [9.17, 15) is 4.79 Å². The van der Waals surface area contributed by atoms with Crippen LogP contribution in [0.1, 0.15) is 55.8 Å². The van der Waals surface area contributed by atoms with Crippen molar-refractivity contribution >= 4 is 5.91 Å². The van der Waals surface area contributed by atoms with E-state index < -0.39 is 0 Å². The summed E-state index contributed by atoms with van der Waals surface area (Å²) in [6.45, 7) is 3.82. The number of carbonyl (C=O) groups excluding carboxylic acids is 1. The van der Waals surface area contributed by atoms with Crippen molar-refractivity contribution in [2.75, 3.05) is 19.8 Å². The fraction of sp³-hybridized carbons (Fsp3) is 0.611. The highest BCUT2D eigenvalue weighted by Gasteiger charge is 2.14. The van der Waals surface area contributed by atoms with Gasteiger partial charge in [0.15, 0.2) is 0 Å². The summed E-state index contributed by atoms with van der Waals surface area (Å²) in [5.74, 6) is 0.558. The number of nitrogens with one attached hydrogen (secondary N) is 1. The van der Waals surface area contributed by atoms with Crippen LogP contribution in [0.4, 0.5) is 0 Å². The highest BCUT2D eigenvalue weighted by atomic mass is 16.5. The standard InChI is InChI=1S/C18H27NO3/c1-2-21-17-12-7-6-11-16(17)18(20)19-13-8-14-22-15-9-4-3-5-10-15/h6-7,11-12,15H,2-5,8-10,13-14H2,1H3,(H,19,20). The van der Waals surface area contributed by atoms with Gasteiger partial charge in [-0.05, 0) is 38.3 Å². The van der Waals surface area contributed by atoms with Gasteiger partial charge < -0.3 is 14.8 Å². The van der Waals surface area contributed by atoms with Gasteiger partial charge in [-0.15, -0.1) is 0 Å². The maximum atomic E-state index is 12.2. The molecule has 1 N–H and O–H groups in total. The predicted molar refractivity (Wildman–Crippen MR) is 87.4 cm³/mol. The van der Waals surface area contributed by atoms with Crippen LogP contribution in [0, 0.1) is 0 Å². The second-order valence-corrected chi connectivity index (χ2v) is 5.67. The molecule has 22 heavy (non-hydrogen) atoms. The van der Waals surface area contributed by atoms with Crippen molar-refractivity contribution in [2.45, 2.75) is 51.6 Å². The Morgan fingerprint density at radius 3 is 2.77 bits per heavy atom.